The molecule has 0 saturated heterocycles. The second-order valence-corrected chi connectivity index (χ2v) is 7.21. The molecule has 24 heavy (non-hydrogen) atoms. The van der Waals surface area contributed by atoms with Gasteiger partial charge in [-0.3, -0.25) is 9.71 Å². The number of anilines is 1. The second kappa shape index (κ2) is 6.04. The smallest absolute Gasteiger partial charge is 0.417 e. The van der Waals surface area contributed by atoms with Gasteiger partial charge in [-0.2, -0.15) is 0 Å². The summed E-state index contributed by atoms with van der Waals surface area (Å²) in [4.78, 5) is 13.4. The Morgan fingerprint density at radius 2 is 1.92 bits per heavy atom. The van der Waals surface area contributed by atoms with Crippen LogP contribution in [0, 0.1) is 0 Å². The summed E-state index contributed by atoms with van der Waals surface area (Å²) in [6, 6.07) is 6.89. The largest absolute Gasteiger partial charge is 0.495 e. The molecule has 0 saturated carbocycles. The number of rotatable bonds is 4. The van der Waals surface area contributed by atoms with Crippen LogP contribution in [0.4, 0.5) is 5.69 Å². The van der Waals surface area contributed by atoms with E-state index in [9.17, 15) is 13.2 Å². The van der Waals surface area contributed by atoms with E-state index < -0.39 is 15.8 Å². The molecule has 10 heteroatoms. The van der Waals surface area contributed by atoms with Gasteiger partial charge in [-0.05, 0) is 24.3 Å². The molecule has 0 radical (unpaired) electrons. The molecule has 0 amide bonds. The summed E-state index contributed by atoms with van der Waals surface area (Å²) < 4.78 is 37.3. The van der Waals surface area contributed by atoms with Crippen LogP contribution in [0.1, 0.15) is 0 Å². The number of halogens is 2. The zero-order chi connectivity index (χ0) is 17.5. The number of hydrogen-bond donors (Lipinski definition) is 2. The molecule has 3 rings (SSSR count). The highest BCUT2D eigenvalue weighted by atomic mass is 35.5. The van der Waals surface area contributed by atoms with Crippen molar-refractivity contribution in [3.05, 3.63) is 50.9 Å². The monoisotopic (exact) mass is 388 g/mol. The van der Waals surface area contributed by atoms with Crippen LogP contribution in [0.5, 0.6) is 5.75 Å². The third-order valence-corrected chi connectivity index (χ3v) is 5.31. The van der Waals surface area contributed by atoms with Gasteiger partial charge in [-0.25, -0.2) is 13.2 Å². The van der Waals surface area contributed by atoms with E-state index in [0.29, 0.717) is 11.3 Å². The van der Waals surface area contributed by atoms with Crippen molar-refractivity contribution in [2.24, 2.45) is 0 Å². The standard InChI is InChI=1S/C14H10Cl2N2O5S/c1-22-11-3-2-7(4-8(11)15)18-24(20,21)13-6-12-10(5-9(13)16)17-14(19)23-12/h2-6,18H,1H3,(H,17,19). The summed E-state index contributed by atoms with van der Waals surface area (Å²) >= 11 is 12.0. The molecule has 2 N–H and O–H groups in total. The number of H-pyrrole nitrogens is 1. The first-order valence-electron chi connectivity index (χ1n) is 6.49. The van der Waals surface area contributed by atoms with Crippen LogP contribution in [0.25, 0.3) is 11.1 Å². The molecule has 0 fully saturated rings. The normalized spacial score (nSPS) is 11.6. The minimum atomic E-state index is -4.02. The van der Waals surface area contributed by atoms with E-state index in [4.69, 9.17) is 32.4 Å². The first-order chi connectivity index (χ1) is 11.3. The van der Waals surface area contributed by atoms with Crippen molar-refractivity contribution >= 4 is 50.0 Å². The topological polar surface area (TPSA) is 101 Å². The number of oxazole rings is 1. The highest BCUT2D eigenvalue weighted by Crippen LogP contribution is 2.31. The lowest BCUT2D eigenvalue weighted by atomic mass is 10.3. The fourth-order valence-electron chi connectivity index (χ4n) is 2.10. The Labute approximate surface area is 146 Å². The number of aromatic amines is 1. The zero-order valence-electron chi connectivity index (χ0n) is 12.1. The molecular formula is C14H10Cl2N2O5S. The highest BCUT2D eigenvalue weighted by molar-refractivity contribution is 7.92. The number of sulfonamides is 1. The van der Waals surface area contributed by atoms with Crippen LogP contribution >= 0.6 is 23.2 Å². The van der Waals surface area contributed by atoms with Crippen LogP contribution in [0.2, 0.25) is 10.0 Å². The van der Waals surface area contributed by atoms with Gasteiger partial charge in [0.05, 0.1) is 28.4 Å². The van der Waals surface area contributed by atoms with Crippen molar-refractivity contribution in [3.8, 4) is 5.75 Å². The maximum atomic E-state index is 12.5. The van der Waals surface area contributed by atoms with Gasteiger partial charge < -0.3 is 9.15 Å². The first-order valence-corrected chi connectivity index (χ1v) is 8.73. The molecule has 0 spiro atoms. The molecule has 1 aromatic heterocycles. The number of nitrogens with one attached hydrogen (secondary N) is 2. The number of hydrogen-bond acceptors (Lipinski definition) is 5. The molecule has 1 heterocycles. The van der Waals surface area contributed by atoms with Gasteiger partial charge in [0.25, 0.3) is 10.0 Å². The van der Waals surface area contributed by atoms with Gasteiger partial charge >= 0.3 is 5.76 Å². The fourth-order valence-corrected chi connectivity index (χ4v) is 3.95. The molecule has 0 aliphatic carbocycles. The van der Waals surface area contributed by atoms with E-state index in [2.05, 4.69) is 9.71 Å². The van der Waals surface area contributed by atoms with Crippen molar-refractivity contribution in [2.75, 3.05) is 11.8 Å². The average molecular weight is 389 g/mol. The van der Waals surface area contributed by atoms with E-state index in [0.717, 1.165) is 0 Å². The van der Waals surface area contributed by atoms with Crippen molar-refractivity contribution in [1.29, 1.82) is 0 Å². The van der Waals surface area contributed by atoms with Gasteiger partial charge in [0.15, 0.2) is 5.58 Å². The number of aromatic nitrogens is 1. The molecule has 0 atom stereocenters. The summed E-state index contributed by atoms with van der Waals surface area (Å²) in [7, 11) is -2.57. The maximum absolute atomic E-state index is 12.5. The van der Waals surface area contributed by atoms with Crippen LogP contribution in [-0.2, 0) is 10.0 Å². The van der Waals surface area contributed by atoms with Crippen LogP contribution < -0.4 is 15.2 Å². The van der Waals surface area contributed by atoms with Crippen LogP contribution in [0.3, 0.4) is 0 Å². The van der Waals surface area contributed by atoms with Gasteiger partial charge in [0, 0.05) is 6.07 Å². The Morgan fingerprint density at radius 1 is 1.17 bits per heavy atom. The SMILES string of the molecule is COc1ccc(NS(=O)(=O)c2cc3oc(=O)[nH]c3cc2Cl)cc1Cl. The van der Waals surface area contributed by atoms with Crippen molar-refractivity contribution < 1.29 is 17.6 Å². The summed E-state index contributed by atoms with van der Waals surface area (Å²) in [6.45, 7) is 0. The molecular weight excluding hydrogens is 379 g/mol. The molecule has 0 bridgehead atoms. The van der Waals surface area contributed by atoms with Gasteiger partial charge in [0.1, 0.15) is 10.6 Å². The minimum absolute atomic E-state index is 0.0633. The van der Waals surface area contributed by atoms with E-state index in [-0.39, 0.29) is 26.2 Å². The third kappa shape index (κ3) is 3.08. The average Bonchev–Trinajstić information content (AvgIpc) is 2.85. The van der Waals surface area contributed by atoms with E-state index in [1.807, 2.05) is 0 Å². The van der Waals surface area contributed by atoms with Gasteiger partial charge in [-0.1, -0.05) is 23.2 Å². The highest BCUT2D eigenvalue weighted by Gasteiger charge is 2.21. The fraction of sp³-hybridized carbons (Fsp3) is 0.0714. The molecule has 0 aliphatic heterocycles. The lowest BCUT2D eigenvalue weighted by Gasteiger charge is -2.11. The second-order valence-electron chi connectivity index (χ2n) is 4.75. The molecule has 3 aromatic rings. The van der Waals surface area contributed by atoms with E-state index in [1.165, 1.54) is 37.4 Å². The zero-order valence-corrected chi connectivity index (χ0v) is 14.4. The predicted molar refractivity (Wildman–Crippen MR) is 90.7 cm³/mol. The van der Waals surface area contributed by atoms with Crippen LogP contribution in [0.15, 0.2) is 44.4 Å². The Kier molecular flexibility index (Phi) is 4.20. The lowest BCUT2D eigenvalue weighted by molar-refractivity contribution is 0.415. The summed E-state index contributed by atoms with van der Waals surface area (Å²) in [6.07, 6.45) is 0. The van der Waals surface area contributed by atoms with Gasteiger partial charge in [-0.15, -0.1) is 0 Å². The number of methoxy groups -OCH3 is 1. The summed E-state index contributed by atoms with van der Waals surface area (Å²) in [5, 5.41) is 0.183. The Hall–Kier alpha value is -2.16. The van der Waals surface area contributed by atoms with Crippen LogP contribution in [-0.4, -0.2) is 20.5 Å². The number of ether oxygens (including phenoxy) is 1. The number of benzene rings is 2. The molecule has 0 aliphatic rings. The summed E-state index contributed by atoms with van der Waals surface area (Å²) in [5.74, 6) is -0.293. The van der Waals surface area contributed by atoms with Crippen molar-refractivity contribution in [3.63, 3.8) is 0 Å². The first kappa shape index (κ1) is 16.7. The Bertz CT molecular complexity index is 1090. The van der Waals surface area contributed by atoms with Gasteiger partial charge in [0.2, 0.25) is 0 Å². The lowest BCUT2D eigenvalue weighted by Crippen LogP contribution is -2.13. The van der Waals surface area contributed by atoms with Crippen molar-refractivity contribution in [2.45, 2.75) is 4.90 Å². The predicted octanol–water partition coefficient (Wildman–Crippen LogP) is 3.24. The molecule has 0 unspecified atom stereocenters. The third-order valence-electron chi connectivity index (χ3n) is 3.17. The maximum Gasteiger partial charge on any atom is 0.417 e. The summed E-state index contributed by atoms with van der Waals surface area (Å²) in [5.41, 5.74) is 0.612. The Balaban J connectivity index is 2.02. The van der Waals surface area contributed by atoms with E-state index in [1.54, 1.807) is 0 Å². The molecule has 126 valence electrons. The molecule has 2 aromatic carbocycles. The van der Waals surface area contributed by atoms with Crippen molar-refractivity contribution in [1.82, 2.24) is 4.98 Å². The molecule has 7 nitrogen and oxygen atoms in total. The quantitative estimate of drug-likeness (QED) is 0.714. The van der Waals surface area contributed by atoms with E-state index >= 15 is 0 Å². The Morgan fingerprint density at radius 3 is 2.58 bits per heavy atom. The number of fused-ring (bicyclic) bond motifs is 1. The minimum Gasteiger partial charge on any atom is -0.495 e.